The fourth-order valence-corrected chi connectivity index (χ4v) is 2.02. The monoisotopic (exact) mass is 297 g/mol. The topological polar surface area (TPSA) is 94.3 Å². The van der Waals surface area contributed by atoms with Gasteiger partial charge in [0.25, 0.3) is 0 Å². The summed E-state index contributed by atoms with van der Waals surface area (Å²) in [5, 5.41) is 9.13. The second-order valence-electron chi connectivity index (χ2n) is 4.62. The summed E-state index contributed by atoms with van der Waals surface area (Å²) in [6, 6.07) is 15.3. The summed E-state index contributed by atoms with van der Waals surface area (Å²) >= 11 is 0. The molecule has 0 spiro atoms. The van der Waals surface area contributed by atoms with Gasteiger partial charge in [-0.05, 0) is 35.4 Å². The van der Waals surface area contributed by atoms with Gasteiger partial charge in [0.05, 0.1) is 5.56 Å². The number of hydrogen-bond donors (Lipinski definition) is 2. The number of nitrogens with zero attached hydrogens (tertiary/aromatic N) is 1. The first kappa shape index (κ1) is 15.8. The predicted octanol–water partition coefficient (Wildman–Crippen LogP) is 1.90. The molecule has 0 bridgehead atoms. The average Bonchev–Trinajstić information content (AvgIpc) is 2.58. The summed E-state index contributed by atoms with van der Waals surface area (Å²) in [5.41, 5.74) is 13.3. The Bertz CT molecular complexity index is 665. The summed E-state index contributed by atoms with van der Waals surface area (Å²) in [6.45, 7) is 1.72. The van der Waals surface area contributed by atoms with E-state index in [1.165, 1.54) is 0 Å². The summed E-state index contributed by atoms with van der Waals surface area (Å²) in [6.07, 6.45) is 0. The number of nitrogens with two attached hydrogens (primary N) is 2. The van der Waals surface area contributed by atoms with Gasteiger partial charge in [-0.15, -0.1) is 0 Å². The van der Waals surface area contributed by atoms with Crippen LogP contribution in [0.15, 0.2) is 42.5 Å². The molecule has 0 heterocycles. The summed E-state index contributed by atoms with van der Waals surface area (Å²) in [7, 11) is 0. The molecular weight excluding hydrogens is 278 g/mol. The number of hydrogen-bond acceptors (Lipinski definition) is 5. The van der Waals surface area contributed by atoms with Gasteiger partial charge in [0, 0.05) is 13.1 Å². The van der Waals surface area contributed by atoms with Crippen LogP contribution < -0.4 is 20.9 Å². The molecule has 5 nitrogen and oxygen atoms in total. The molecule has 114 valence electrons. The van der Waals surface area contributed by atoms with Crippen molar-refractivity contribution in [1.82, 2.24) is 0 Å². The van der Waals surface area contributed by atoms with E-state index in [4.69, 9.17) is 26.2 Å². The van der Waals surface area contributed by atoms with Crippen molar-refractivity contribution in [2.24, 2.45) is 11.5 Å². The molecule has 0 saturated heterocycles. The second-order valence-corrected chi connectivity index (χ2v) is 4.62. The third-order valence-electron chi connectivity index (χ3n) is 3.03. The molecule has 2 aromatic carbocycles. The van der Waals surface area contributed by atoms with Gasteiger partial charge in [-0.25, -0.2) is 0 Å². The van der Waals surface area contributed by atoms with Crippen molar-refractivity contribution in [2.75, 3.05) is 26.3 Å². The summed E-state index contributed by atoms with van der Waals surface area (Å²) in [5.74, 6) is 1.30. The first-order valence-electron chi connectivity index (χ1n) is 7.09. The largest absolute Gasteiger partial charge is 0.492 e. The van der Waals surface area contributed by atoms with Crippen molar-refractivity contribution < 1.29 is 9.47 Å². The lowest BCUT2D eigenvalue weighted by atomic mass is 10.0. The maximum atomic E-state index is 9.13. The van der Waals surface area contributed by atoms with Gasteiger partial charge in [0.1, 0.15) is 30.8 Å². The standard InChI is InChI=1S/C17H19N3O2/c18-6-8-21-16-3-1-2-13(10-16)14-4-5-15(12-20)17(11-14)22-9-7-19/h1-5,10-11H,6-9,18-19H2. The van der Waals surface area contributed by atoms with Crippen molar-refractivity contribution in [1.29, 1.82) is 5.26 Å². The Morgan fingerprint density at radius 2 is 1.64 bits per heavy atom. The highest BCUT2D eigenvalue weighted by Gasteiger charge is 2.07. The summed E-state index contributed by atoms with van der Waals surface area (Å²) < 4.78 is 11.1. The van der Waals surface area contributed by atoms with Crippen LogP contribution in [0.4, 0.5) is 0 Å². The maximum Gasteiger partial charge on any atom is 0.137 e. The van der Waals surface area contributed by atoms with Gasteiger partial charge in [-0.2, -0.15) is 5.26 Å². The number of ether oxygens (including phenoxy) is 2. The van der Waals surface area contributed by atoms with Crippen molar-refractivity contribution in [3.05, 3.63) is 48.0 Å². The Morgan fingerprint density at radius 3 is 2.36 bits per heavy atom. The molecular formula is C17H19N3O2. The van der Waals surface area contributed by atoms with Crippen molar-refractivity contribution in [3.8, 4) is 28.7 Å². The van der Waals surface area contributed by atoms with Gasteiger partial charge in [-0.3, -0.25) is 0 Å². The third-order valence-corrected chi connectivity index (χ3v) is 3.03. The molecule has 2 aromatic rings. The van der Waals surface area contributed by atoms with Gasteiger partial charge >= 0.3 is 0 Å². The zero-order valence-electron chi connectivity index (χ0n) is 12.3. The molecule has 0 aromatic heterocycles. The predicted molar refractivity (Wildman–Crippen MR) is 85.7 cm³/mol. The second kappa shape index (κ2) is 8.03. The SMILES string of the molecule is N#Cc1ccc(-c2cccc(OCCN)c2)cc1OCCN. The lowest BCUT2D eigenvalue weighted by Gasteiger charge is -2.10. The Morgan fingerprint density at radius 1 is 0.909 bits per heavy atom. The van der Waals surface area contributed by atoms with Crippen LogP contribution in [0.5, 0.6) is 11.5 Å². The zero-order chi connectivity index (χ0) is 15.8. The van der Waals surface area contributed by atoms with E-state index in [1.807, 2.05) is 36.4 Å². The highest BCUT2D eigenvalue weighted by atomic mass is 16.5. The van der Waals surface area contributed by atoms with Crippen LogP contribution in [-0.4, -0.2) is 26.3 Å². The third kappa shape index (κ3) is 3.98. The minimum absolute atomic E-state index is 0.373. The van der Waals surface area contributed by atoms with Crippen LogP contribution in [0.25, 0.3) is 11.1 Å². The molecule has 0 unspecified atom stereocenters. The van der Waals surface area contributed by atoms with Gasteiger partial charge < -0.3 is 20.9 Å². The molecule has 0 aliphatic rings. The fourth-order valence-electron chi connectivity index (χ4n) is 2.02. The van der Waals surface area contributed by atoms with E-state index in [0.29, 0.717) is 37.6 Å². The lowest BCUT2D eigenvalue weighted by Crippen LogP contribution is -2.11. The fraction of sp³-hybridized carbons (Fsp3) is 0.235. The normalized spacial score (nSPS) is 10.0. The highest BCUT2D eigenvalue weighted by Crippen LogP contribution is 2.29. The lowest BCUT2D eigenvalue weighted by molar-refractivity contribution is 0.327. The molecule has 0 saturated carbocycles. The van der Waals surface area contributed by atoms with E-state index in [0.717, 1.165) is 16.9 Å². The van der Waals surface area contributed by atoms with Crippen LogP contribution in [-0.2, 0) is 0 Å². The van der Waals surface area contributed by atoms with Crippen LogP contribution in [0.1, 0.15) is 5.56 Å². The van der Waals surface area contributed by atoms with E-state index in [2.05, 4.69) is 6.07 Å². The van der Waals surface area contributed by atoms with Crippen LogP contribution in [0, 0.1) is 11.3 Å². The van der Waals surface area contributed by atoms with Gasteiger partial charge in [-0.1, -0.05) is 18.2 Å². The minimum atomic E-state index is 0.373. The van der Waals surface area contributed by atoms with E-state index < -0.39 is 0 Å². The Kier molecular flexibility index (Phi) is 5.78. The minimum Gasteiger partial charge on any atom is -0.492 e. The maximum absolute atomic E-state index is 9.13. The molecule has 0 fully saturated rings. The first-order chi connectivity index (χ1) is 10.8. The van der Waals surface area contributed by atoms with Crippen LogP contribution in [0.2, 0.25) is 0 Å². The van der Waals surface area contributed by atoms with Gasteiger partial charge in [0.15, 0.2) is 0 Å². The Labute approximate surface area is 130 Å². The number of nitriles is 1. The van der Waals surface area contributed by atoms with E-state index >= 15 is 0 Å². The van der Waals surface area contributed by atoms with Crippen LogP contribution in [0.3, 0.4) is 0 Å². The van der Waals surface area contributed by atoms with E-state index in [-0.39, 0.29) is 0 Å². The van der Waals surface area contributed by atoms with E-state index in [9.17, 15) is 0 Å². The van der Waals surface area contributed by atoms with E-state index in [1.54, 1.807) is 6.07 Å². The molecule has 0 aliphatic heterocycles. The number of benzene rings is 2. The van der Waals surface area contributed by atoms with Crippen LogP contribution >= 0.6 is 0 Å². The molecule has 0 aliphatic carbocycles. The van der Waals surface area contributed by atoms with Crippen molar-refractivity contribution >= 4 is 0 Å². The summed E-state index contributed by atoms with van der Waals surface area (Å²) in [4.78, 5) is 0. The molecule has 0 amide bonds. The first-order valence-corrected chi connectivity index (χ1v) is 7.09. The Hall–Kier alpha value is -2.55. The van der Waals surface area contributed by atoms with Crippen molar-refractivity contribution in [2.45, 2.75) is 0 Å². The van der Waals surface area contributed by atoms with Gasteiger partial charge in [0.2, 0.25) is 0 Å². The number of rotatable bonds is 7. The molecule has 0 radical (unpaired) electrons. The smallest absolute Gasteiger partial charge is 0.137 e. The average molecular weight is 297 g/mol. The highest BCUT2D eigenvalue weighted by molar-refractivity contribution is 5.68. The zero-order valence-corrected chi connectivity index (χ0v) is 12.3. The van der Waals surface area contributed by atoms with Crippen molar-refractivity contribution in [3.63, 3.8) is 0 Å². The molecule has 5 heteroatoms. The molecule has 22 heavy (non-hydrogen) atoms. The Balaban J connectivity index is 2.30. The quantitative estimate of drug-likeness (QED) is 0.814. The molecule has 2 rings (SSSR count). The molecule has 4 N–H and O–H groups in total. The molecule has 0 atom stereocenters.